The standard InChI is InChI=1S/C13H11N3O2/c17-16(18)10-1-2-13-11(7-10)12(8-15-13)9-3-5-14-6-4-9/h1-3,5,7-8,15H,4,6H2. The fourth-order valence-electron chi connectivity index (χ4n) is 2.20. The van der Waals surface area contributed by atoms with Crippen molar-refractivity contribution < 1.29 is 4.92 Å². The van der Waals surface area contributed by atoms with Crippen molar-refractivity contribution in [1.82, 2.24) is 4.98 Å². The molecular formula is C13H11N3O2. The average Bonchev–Trinajstić information content (AvgIpc) is 2.82. The quantitative estimate of drug-likeness (QED) is 0.648. The second-order valence-electron chi connectivity index (χ2n) is 4.19. The number of rotatable bonds is 2. The van der Waals surface area contributed by atoms with Gasteiger partial charge >= 0.3 is 0 Å². The van der Waals surface area contributed by atoms with Crippen LogP contribution in [0.3, 0.4) is 0 Å². The zero-order valence-electron chi connectivity index (χ0n) is 9.59. The number of H-pyrrole nitrogens is 1. The lowest BCUT2D eigenvalue weighted by Crippen LogP contribution is -1.94. The van der Waals surface area contributed by atoms with Gasteiger partial charge in [0.1, 0.15) is 0 Å². The van der Waals surface area contributed by atoms with E-state index >= 15 is 0 Å². The summed E-state index contributed by atoms with van der Waals surface area (Å²) in [6, 6.07) is 4.88. The minimum absolute atomic E-state index is 0.119. The maximum atomic E-state index is 10.8. The summed E-state index contributed by atoms with van der Waals surface area (Å²) in [5.74, 6) is 0. The van der Waals surface area contributed by atoms with Crippen LogP contribution in [0.5, 0.6) is 0 Å². The Morgan fingerprint density at radius 1 is 1.39 bits per heavy atom. The number of aromatic nitrogens is 1. The van der Waals surface area contributed by atoms with Gasteiger partial charge in [0.15, 0.2) is 0 Å². The van der Waals surface area contributed by atoms with E-state index in [0.717, 1.165) is 35.0 Å². The smallest absolute Gasteiger partial charge is 0.270 e. The summed E-state index contributed by atoms with van der Waals surface area (Å²) >= 11 is 0. The molecule has 3 rings (SSSR count). The first kappa shape index (κ1) is 10.7. The van der Waals surface area contributed by atoms with Crippen molar-refractivity contribution in [2.24, 2.45) is 4.99 Å². The highest BCUT2D eigenvalue weighted by atomic mass is 16.6. The van der Waals surface area contributed by atoms with Crippen LogP contribution < -0.4 is 0 Å². The van der Waals surface area contributed by atoms with Gasteiger partial charge in [0.05, 0.1) is 4.92 Å². The minimum Gasteiger partial charge on any atom is -0.361 e. The zero-order valence-corrected chi connectivity index (χ0v) is 9.59. The number of hydrogen-bond donors (Lipinski definition) is 1. The van der Waals surface area contributed by atoms with Gasteiger partial charge in [0, 0.05) is 47.6 Å². The van der Waals surface area contributed by atoms with E-state index < -0.39 is 0 Å². The molecule has 0 fully saturated rings. The monoisotopic (exact) mass is 241 g/mol. The molecule has 0 saturated carbocycles. The summed E-state index contributed by atoms with van der Waals surface area (Å²) in [5, 5.41) is 11.7. The molecule has 0 spiro atoms. The van der Waals surface area contributed by atoms with Crippen molar-refractivity contribution in [2.75, 3.05) is 6.54 Å². The SMILES string of the molecule is O=[N+]([O-])c1ccc2[nH]cc(C3=CC=NCC3)c2c1. The third-order valence-corrected chi connectivity index (χ3v) is 3.11. The van der Waals surface area contributed by atoms with Gasteiger partial charge in [-0.2, -0.15) is 0 Å². The molecule has 0 bridgehead atoms. The van der Waals surface area contributed by atoms with Crippen LogP contribution in [0.25, 0.3) is 16.5 Å². The third-order valence-electron chi connectivity index (χ3n) is 3.11. The number of benzene rings is 1. The topological polar surface area (TPSA) is 71.3 Å². The minimum atomic E-state index is -0.368. The normalized spacial score (nSPS) is 14.8. The van der Waals surface area contributed by atoms with Gasteiger partial charge in [-0.05, 0) is 24.1 Å². The maximum Gasteiger partial charge on any atom is 0.270 e. The van der Waals surface area contributed by atoms with Gasteiger partial charge in [0.25, 0.3) is 5.69 Å². The third kappa shape index (κ3) is 1.69. The molecule has 90 valence electrons. The number of hydrogen-bond acceptors (Lipinski definition) is 3. The molecule has 0 saturated heterocycles. The van der Waals surface area contributed by atoms with Crippen molar-refractivity contribution in [3.63, 3.8) is 0 Å². The molecule has 5 heteroatoms. The Balaban J connectivity index is 2.17. The molecule has 2 aromatic rings. The lowest BCUT2D eigenvalue weighted by atomic mass is 10.0. The number of dihydropyridines is 1. The summed E-state index contributed by atoms with van der Waals surface area (Å²) in [5.41, 5.74) is 3.23. The Morgan fingerprint density at radius 3 is 3.00 bits per heavy atom. The van der Waals surface area contributed by atoms with Crippen LogP contribution in [-0.2, 0) is 0 Å². The number of nitrogens with one attached hydrogen (secondary N) is 1. The Morgan fingerprint density at radius 2 is 2.28 bits per heavy atom. The van der Waals surface area contributed by atoms with Crippen molar-refractivity contribution in [1.29, 1.82) is 0 Å². The number of nitro groups is 1. The Hall–Kier alpha value is -2.43. The number of allylic oxidation sites excluding steroid dienone is 1. The van der Waals surface area contributed by atoms with Crippen molar-refractivity contribution in [3.8, 4) is 0 Å². The van der Waals surface area contributed by atoms with E-state index in [-0.39, 0.29) is 10.6 Å². The summed E-state index contributed by atoms with van der Waals surface area (Å²) < 4.78 is 0. The van der Waals surface area contributed by atoms with Crippen molar-refractivity contribution >= 4 is 28.4 Å². The van der Waals surface area contributed by atoms with Gasteiger partial charge in [-0.15, -0.1) is 0 Å². The predicted molar refractivity (Wildman–Crippen MR) is 70.9 cm³/mol. The van der Waals surface area contributed by atoms with E-state index in [9.17, 15) is 10.1 Å². The summed E-state index contributed by atoms with van der Waals surface area (Å²) in [4.78, 5) is 17.7. The zero-order chi connectivity index (χ0) is 12.5. The van der Waals surface area contributed by atoms with Crippen LogP contribution in [0.15, 0.2) is 35.5 Å². The van der Waals surface area contributed by atoms with Gasteiger partial charge < -0.3 is 4.98 Å². The molecule has 1 aliphatic rings. The highest BCUT2D eigenvalue weighted by Crippen LogP contribution is 2.30. The number of aromatic amines is 1. The summed E-state index contributed by atoms with van der Waals surface area (Å²) in [6.07, 6.45) is 6.52. The number of nitrogens with zero attached hydrogens (tertiary/aromatic N) is 2. The molecule has 0 atom stereocenters. The lowest BCUT2D eigenvalue weighted by molar-refractivity contribution is -0.384. The van der Waals surface area contributed by atoms with Crippen LogP contribution in [0, 0.1) is 10.1 Å². The summed E-state index contributed by atoms with van der Waals surface area (Å²) in [7, 11) is 0. The molecule has 5 nitrogen and oxygen atoms in total. The second-order valence-corrected chi connectivity index (χ2v) is 4.19. The number of nitro benzene ring substituents is 1. The molecule has 1 N–H and O–H groups in total. The number of fused-ring (bicyclic) bond motifs is 1. The van der Waals surface area contributed by atoms with Crippen LogP contribution in [0.4, 0.5) is 5.69 Å². The van der Waals surface area contributed by atoms with E-state index in [4.69, 9.17) is 0 Å². The highest BCUT2D eigenvalue weighted by molar-refractivity contribution is 5.97. The van der Waals surface area contributed by atoms with E-state index in [1.54, 1.807) is 18.3 Å². The van der Waals surface area contributed by atoms with Crippen LogP contribution in [0.2, 0.25) is 0 Å². The van der Waals surface area contributed by atoms with Crippen molar-refractivity contribution in [2.45, 2.75) is 6.42 Å². The molecule has 1 aromatic heterocycles. The molecule has 2 heterocycles. The van der Waals surface area contributed by atoms with E-state index in [0.29, 0.717) is 0 Å². The Bertz CT molecular complexity index is 683. The van der Waals surface area contributed by atoms with E-state index in [2.05, 4.69) is 9.98 Å². The molecule has 0 amide bonds. The summed E-state index contributed by atoms with van der Waals surface area (Å²) in [6.45, 7) is 0.771. The molecule has 1 aromatic carbocycles. The van der Waals surface area contributed by atoms with Gasteiger partial charge in [-0.25, -0.2) is 0 Å². The number of non-ortho nitro benzene ring substituents is 1. The molecular weight excluding hydrogens is 230 g/mol. The van der Waals surface area contributed by atoms with E-state index in [1.165, 1.54) is 6.07 Å². The first-order valence-electron chi connectivity index (χ1n) is 5.70. The molecule has 18 heavy (non-hydrogen) atoms. The molecule has 0 aliphatic carbocycles. The van der Waals surface area contributed by atoms with Crippen LogP contribution >= 0.6 is 0 Å². The Kier molecular flexibility index (Phi) is 2.44. The Labute approximate surface area is 103 Å². The molecule has 1 aliphatic heterocycles. The first-order valence-corrected chi connectivity index (χ1v) is 5.70. The maximum absolute atomic E-state index is 10.8. The van der Waals surface area contributed by atoms with Gasteiger partial charge in [0.2, 0.25) is 0 Å². The first-order chi connectivity index (χ1) is 8.75. The molecule has 0 radical (unpaired) electrons. The highest BCUT2D eigenvalue weighted by Gasteiger charge is 2.13. The largest absolute Gasteiger partial charge is 0.361 e. The van der Waals surface area contributed by atoms with Crippen LogP contribution in [0.1, 0.15) is 12.0 Å². The van der Waals surface area contributed by atoms with Gasteiger partial charge in [-0.3, -0.25) is 15.1 Å². The lowest BCUT2D eigenvalue weighted by Gasteiger charge is -2.07. The van der Waals surface area contributed by atoms with E-state index in [1.807, 2.05) is 12.3 Å². The number of aliphatic imine (C=N–C) groups is 1. The predicted octanol–water partition coefficient (Wildman–Crippen LogP) is 2.93. The molecule has 0 unspecified atom stereocenters. The fraction of sp³-hybridized carbons (Fsp3) is 0.154. The van der Waals surface area contributed by atoms with Gasteiger partial charge in [-0.1, -0.05) is 0 Å². The second kappa shape index (κ2) is 4.10. The average molecular weight is 241 g/mol. The van der Waals surface area contributed by atoms with Crippen molar-refractivity contribution in [3.05, 3.63) is 46.1 Å². The fourth-order valence-corrected chi connectivity index (χ4v) is 2.20. The van der Waals surface area contributed by atoms with Crippen LogP contribution in [-0.4, -0.2) is 22.7 Å².